The maximum Gasteiger partial charge on any atom is 0.336 e. The van der Waals surface area contributed by atoms with Crippen molar-refractivity contribution in [3.63, 3.8) is 0 Å². The molecule has 1 atom stereocenters. The number of halogens is 1. The predicted octanol–water partition coefficient (Wildman–Crippen LogP) is 3.74. The summed E-state index contributed by atoms with van der Waals surface area (Å²) in [7, 11) is 0. The molecule has 1 aliphatic carbocycles. The van der Waals surface area contributed by atoms with Crippen LogP contribution in [0.1, 0.15) is 52.1 Å². The standard InChI is InChI=1S/C18H14FNO3/c1-9-7-15-11-3-2-4-12(18(22)23)16(11)17(21)20(15)14-6-5-10(19)8-13(9)14/h2-4,6,8,15H,5,7H2,1H3,(H,22,23). The Balaban J connectivity index is 1.91. The zero-order valence-electron chi connectivity index (χ0n) is 12.5. The van der Waals surface area contributed by atoms with E-state index in [4.69, 9.17) is 0 Å². The SMILES string of the molecule is CC1=C2C=C(F)CC=C2N2C(=O)c3c(C(=O)O)cccc3C2C1. The highest BCUT2D eigenvalue weighted by Crippen LogP contribution is 2.48. The van der Waals surface area contributed by atoms with Crippen LogP contribution in [0.2, 0.25) is 0 Å². The van der Waals surface area contributed by atoms with E-state index >= 15 is 0 Å². The van der Waals surface area contributed by atoms with Gasteiger partial charge < -0.3 is 10.0 Å². The van der Waals surface area contributed by atoms with Crippen LogP contribution in [-0.2, 0) is 0 Å². The number of carboxylic acid groups (broad SMARTS) is 1. The topological polar surface area (TPSA) is 57.6 Å². The maximum absolute atomic E-state index is 13.6. The summed E-state index contributed by atoms with van der Waals surface area (Å²) < 4.78 is 13.6. The lowest BCUT2D eigenvalue weighted by Crippen LogP contribution is -2.32. The molecular weight excluding hydrogens is 297 g/mol. The molecule has 0 fully saturated rings. The smallest absolute Gasteiger partial charge is 0.336 e. The fourth-order valence-electron chi connectivity index (χ4n) is 3.71. The molecule has 1 unspecified atom stereocenters. The first-order valence-electron chi connectivity index (χ1n) is 7.45. The minimum Gasteiger partial charge on any atom is -0.478 e. The molecule has 0 aromatic heterocycles. The van der Waals surface area contributed by atoms with Crippen LogP contribution in [0.4, 0.5) is 4.39 Å². The molecule has 4 rings (SSSR count). The van der Waals surface area contributed by atoms with E-state index in [1.54, 1.807) is 17.0 Å². The molecule has 1 N–H and O–H groups in total. The van der Waals surface area contributed by atoms with Crippen molar-refractivity contribution in [2.75, 3.05) is 0 Å². The molecule has 0 saturated carbocycles. The highest BCUT2D eigenvalue weighted by Gasteiger charge is 2.44. The van der Waals surface area contributed by atoms with Crippen molar-refractivity contribution < 1.29 is 19.1 Å². The van der Waals surface area contributed by atoms with Crippen LogP contribution in [0.3, 0.4) is 0 Å². The third-order valence-corrected chi connectivity index (χ3v) is 4.72. The molecule has 2 aliphatic heterocycles. The molecule has 116 valence electrons. The lowest BCUT2D eigenvalue weighted by atomic mass is 9.88. The Labute approximate surface area is 132 Å². The lowest BCUT2D eigenvalue weighted by Gasteiger charge is -2.35. The number of nitrogens with zero attached hydrogens (tertiary/aromatic N) is 1. The third-order valence-electron chi connectivity index (χ3n) is 4.72. The van der Waals surface area contributed by atoms with Crippen molar-refractivity contribution >= 4 is 11.9 Å². The molecule has 0 saturated heterocycles. The maximum atomic E-state index is 13.6. The first-order chi connectivity index (χ1) is 11.0. The van der Waals surface area contributed by atoms with E-state index in [-0.39, 0.29) is 35.3 Å². The number of hydrogen-bond acceptors (Lipinski definition) is 2. The van der Waals surface area contributed by atoms with Crippen molar-refractivity contribution in [1.29, 1.82) is 0 Å². The summed E-state index contributed by atoms with van der Waals surface area (Å²) in [4.78, 5) is 26.0. The summed E-state index contributed by atoms with van der Waals surface area (Å²) in [6, 6.07) is 4.72. The van der Waals surface area contributed by atoms with Gasteiger partial charge in [0, 0.05) is 12.1 Å². The summed E-state index contributed by atoms with van der Waals surface area (Å²) in [6.07, 6.45) is 3.93. The summed E-state index contributed by atoms with van der Waals surface area (Å²) >= 11 is 0. The van der Waals surface area contributed by atoms with Crippen molar-refractivity contribution in [3.8, 4) is 0 Å². The normalized spacial score (nSPS) is 22.3. The van der Waals surface area contributed by atoms with Gasteiger partial charge in [0.1, 0.15) is 5.83 Å². The number of rotatable bonds is 1. The van der Waals surface area contributed by atoms with Crippen molar-refractivity contribution in [3.05, 3.63) is 69.7 Å². The Bertz CT molecular complexity index is 863. The second-order valence-electron chi connectivity index (χ2n) is 6.05. The quantitative estimate of drug-likeness (QED) is 0.859. The molecule has 5 heteroatoms. The molecular formula is C18H14FNO3. The third kappa shape index (κ3) is 1.82. The Morgan fingerprint density at radius 2 is 2.17 bits per heavy atom. The van der Waals surface area contributed by atoms with Crippen LogP contribution >= 0.6 is 0 Å². The zero-order chi connectivity index (χ0) is 16.3. The molecule has 1 aromatic rings. The fourth-order valence-corrected chi connectivity index (χ4v) is 3.71. The second-order valence-corrected chi connectivity index (χ2v) is 6.05. The van der Waals surface area contributed by atoms with Crippen LogP contribution in [0.5, 0.6) is 0 Å². The number of carbonyl (C=O) groups excluding carboxylic acids is 1. The van der Waals surface area contributed by atoms with E-state index in [0.717, 1.165) is 16.7 Å². The van der Waals surface area contributed by atoms with Crippen molar-refractivity contribution in [2.24, 2.45) is 0 Å². The van der Waals surface area contributed by atoms with Crippen LogP contribution in [-0.4, -0.2) is 21.9 Å². The number of benzene rings is 1. The average Bonchev–Trinajstić information content (AvgIpc) is 2.81. The number of hydrogen-bond donors (Lipinski definition) is 1. The molecule has 2 heterocycles. The van der Waals surface area contributed by atoms with E-state index in [1.165, 1.54) is 12.1 Å². The van der Waals surface area contributed by atoms with E-state index in [0.29, 0.717) is 12.1 Å². The molecule has 1 amide bonds. The highest BCUT2D eigenvalue weighted by atomic mass is 19.1. The van der Waals surface area contributed by atoms with E-state index < -0.39 is 5.97 Å². The Kier molecular flexibility index (Phi) is 2.82. The van der Waals surface area contributed by atoms with E-state index in [2.05, 4.69) is 0 Å². The number of amides is 1. The number of carbonyl (C=O) groups is 2. The van der Waals surface area contributed by atoms with E-state index in [1.807, 2.05) is 13.0 Å². The summed E-state index contributed by atoms with van der Waals surface area (Å²) in [5.74, 6) is -1.64. The summed E-state index contributed by atoms with van der Waals surface area (Å²) in [6.45, 7) is 1.93. The molecule has 0 bridgehead atoms. The molecule has 0 spiro atoms. The zero-order valence-corrected chi connectivity index (χ0v) is 12.5. The van der Waals surface area contributed by atoms with Gasteiger partial charge in [0.15, 0.2) is 0 Å². The van der Waals surface area contributed by atoms with E-state index in [9.17, 15) is 19.1 Å². The predicted molar refractivity (Wildman–Crippen MR) is 81.5 cm³/mol. The number of fused-ring (bicyclic) bond motifs is 5. The van der Waals surface area contributed by atoms with Crippen LogP contribution in [0.15, 0.2) is 53.0 Å². The Morgan fingerprint density at radius 1 is 1.39 bits per heavy atom. The van der Waals surface area contributed by atoms with Gasteiger partial charge in [0.25, 0.3) is 5.91 Å². The summed E-state index contributed by atoms with van der Waals surface area (Å²) in [5.41, 5.74) is 3.47. The Hall–Kier alpha value is -2.69. The van der Waals surface area contributed by atoms with Gasteiger partial charge >= 0.3 is 5.97 Å². The van der Waals surface area contributed by atoms with Gasteiger partial charge in [-0.3, -0.25) is 4.79 Å². The number of allylic oxidation sites excluding steroid dienone is 3. The number of carboxylic acids is 1. The minimum absolute atomic E-state index is 0.0271. The van der Waals surface area contributed by atoms with Crippen LogP contribution in [0.25, 0.3) is 0 Å². The molecule has 4 nitrogen and oxygen atoms in total. The van der Waals surface area contributed by atoms with Gasteiger partial charge in [-0.15, -0.1) is 0 Å². The fraction of sp³-hybridized carbons (Fsp3) is 0.222. The van der Waals surface area contributed by atoms with Crippen molar-refractivity contribution in [2.45, 2.75) is 25.8 Å². The van der Waals surface area contributed by atoms with Gasteiger partial charge in [0.05, 0.1) is 17.2 Å². The number of aromatic carboxylic acids is 1. The largest absolute Gasteiger partial charge is 0.478 e. The van der Waals surface area contributed by atoms with Crippen LogP contribution < -0.4 is 0 Å². The Morgan fingerprint density at radius 3 is 2.91 bits per heavy atom. The lowest BCUT2D eigenvalue weighted by molar-refractivity contribution is 0.0683. The van der Waals surface area contributed by atoms with Crippen LogP contribution in [0, 0.1) is 0 Å². The second kappa shape index (κ2) is 4.65. The average molecular weight is 311 g/mol. The molecule has 0 radical (unpaired) electrons. The molecule has 3 aliphatic rings. The van der Waals surface area contributed by atoms with Gasteiger partial charge in [0.2, 0.25) is 0 Å². The first kappa shape index (κ1) is 13.9. The van der Waals surface area contributed by atoms with Gasteiger partial charge in [-0.25, -0.2) is 9.18 Å². The highest BCUT2D eigenvalue weighted by molar-refractivity contribution is 6.09. The minimum atomic E-state index is -1.11. The van der Waals surface area contributed by atoms with Gasteiger partial charge in [-0.05, 0) is 36.6 Å². The molecule has 23 heavy (non-hydrogen) atoms. The monoisotopic (exact) mass is 311 g/mol. The van der Waals surface area contributed by atoms with Gasteiger partial charge in [-0.1, -0.05) is 23.8 Å². The van der Waals surface area contributed by atoms with Gasteiger partial charge in [-0.2, -0.15) is 0 Å². The summed E-state index contributed by atoms with van der Waals surface area (Å²) in [5, 5.41) is 9.36. The molecule has 1 aromatic carbocycles. The first-order valence-corrected chi connectivity index (χ1v) is 7.45. The van der Waals surface area contributed by atoms with Crippen molar-refractivity contribution in [1.82, 2.24) is 4.90 Å².